The number of rotatable bonds is 4. The first-order valence-corrected chi connectivity index (χ1v) is 6.21. The van der Waals surface area contributed by atoms with Crippen LogP contribution in [-0.2, 0) is 11.0 Å². The van der Waals surface area contributed by atoms with Gasteiger partial charge in [0.25, 0.3) is 0 Å². The lowest BCUT2D eigenvalue weighted by atomic mass is 10.1. The molecule has 22 heavy (non-hydrogen) atoms. The van der Waals surface area contributed by atoms with Gasteiger partial charge in [0.2, 0.25) is 5.82 Å². The summed E-state index contributed by atoms with van der Waals surface area (Å²) in [4.78, 5) is 17.8. The van der Waals surface area contributed by atoms with Gasteiger partial charge >= 0.3 is 12.1 Å². The molecule has 2 rings (SSSR count). The van der Waals surface area contributed by atoms with Crippen molar-refractivity contribution in [3.8, 4) is 0 Å². The van der Waals surface area contributed by atoms with E-state index in [1.54, 1.807) is 6.07 Å². The number of carboxylic acid groups (broad SMARTS) is 1. The third-order valence-corrected chi connectivity index (χ3v) is 2.90. The molecule has 0 radical (unpaired) electrons. The smallest absolute Gasteiger partial charge is 0.451 e. The highest BCUT2D eigenvalue weighted by Gasteiger charge is 2.36. The van der Waals surface area contributed by atoms with Gasteiger partial charge in [-0.3, -0.25) is 0 Å². The van der Waals surface area contributed by atoms with Crippen molar-refractivity contribution in [1.82, 2.24) is 9.97 Å². The maximum atomic E-state index is 12.8. The first-order chi connectivity index (χ1) is 10.2. The van der Waals surface area contributed by atoms with Gasteiger partial charge in [0, 0.05) is 5.39 Å². The van der Waals surface area contributed by atoms with Gasteiger partial charge in [-0.25, -0.2) is 14.8 Å². The number of halogens is 3. The van der Waals surface area contributed by atoms with Crippen molar-refractivity contribution in [2.75, 3.05) is 5.32 Å². The van der Waals surface area contributed by atoms with Crippen LogP contribution in [0.15, 0.2) is 24.3 Å². The minimum atomic E-state index is -4.77. The first-order valence-electron chi connectivity index (χ1n) is 6.21. The van der Waals surface area contributed by atoms with Gasteiger partial charge in [0.1, 0.15) is 5.82 Å². The van der Waals surface area contributed by atoms with Crippen LogP contribution < -0.4 is 5.32 Å². The van der Waals surface area contributed by atoms with E-state index in [0.717, 1.165) is 0 Å². The van der Waals surface area contributed by atoms with E-state index in [0.29, 0.717) is 0 Å². The van der Waals surface area contributed by atoms with Crippen molar-refractivity contribution in [2.45, 2.75) is 25.2 Å². The minimum Gasteiger partial charge on any atom is -0.480 e. The molecule has 1 aromatic heterocycles. The van der Waals surface area contributed by atoms with Crippen molar-refractivity contribution in [2.24, 2.45) is 0 Å². The summed E-state index contributed by atoms with van der Waals surface area (Å²) < 4.78 is 38.5. The largest absolute Gasteiger partial charge is 0.480 e. The predicted molar refractivity (Wildman–Crippen MR) is 71.3 cm³/mol. The molecule has 2 aromatic rings. The van der Waals surface area contributed by atoms with Crippen LogP contribution in [0.3, 0.4) is 0 Å². The zero-order valence-electron chi connectivity index (χ0n) is 11.3. The fourth-order valence-corrected chi connectivity index (χ4v) is 1.85. The van der Waals surface area contributed by atoms with Crippen LogP contribution in [0.5, 0.6) is 0 Å². The van der Waals surface area contributed by atoms with Gasteiger partial charge in [-0.15, -0.1) is 0 Å². The quantitative estimate of drug-likeness (QED) is 0.797. The lowest BCUT2D eigenvalue weighted by molar-refractivity contribution is -0.144. The fourth-order valence-electron chi connectivity index (χ4n) is 1.85. The van der Waals surface area contributed by atoms with Gasteiger partial charge in [-0.1, -0.05) is 12.1 Å². The number of benzene rings is 1. The molecule has 6 nitrogen and oxygen atoms in total. The average Bonchev–Trinajstić information content (AvgIpc) is 2.42. The van der Waals surface area contributed by atoms with Crippen LogP contribution >= 0.6 is 0 Å². The van der Waals surface area contributed by atoms with Crippen LogP contribution in [0.2, 0.25) is 0 Å². The molecule has 1 aromatic carbocycles. The molecule has 0 bridgehead atoms. The zero-order valence-corrected chi connectivity index (χ0v) is 11.3. The maximum absolute atomic E-state index is 12.8. The van der Waals surface area contributed by atoms with Gasteiger partial charge in [0.15, 0.2) is 6.04 Å². The van der Waals surface area contributed by atoms with Crippen molar-refractivity contribution < 1.29 is 28.2 Å². The van der Waals surface area contributed by atoms with Crippen molar-refractivity contribution >= 4 is 22.7 Å². The maximum Gasteiger partial charge on any atom is 0.451 e. The number of nitrogens with one attached hydrogen (secondary N) is 1. The molecular formula is C13H12F3N3O3. The number of alkyl halides is 3. The molecule has 0 aliphatic heterocycles. The summed E-state index contributed by atoms with van der Waals surface area (Å²) in [7, 11) is 0. The minimum absolute atomic E-state index is 0.0158. The second-order valence-electron chi connectivity index (χ2n) is 4.61. The molecule has 1 heterocycles. The lowest BCUT2D eigenvalue weighted by Gasteiger charge is -2.19. The summed E-state index contributed by atoms with van der Waals surface area (Å²) in [6.07, 6.45) is -6.11. The molecule has 0 saturated heterocycles. The van der Waals surface area contributed by atoms with Crippen molar-refractivity contribution in [3.63, 3.8) is 0 Å². The van der Waals surface area contributed by atoms with Gasteiger partial charge < -0.3 is 15.5 Å². The summed E-state index contributed by atoms with van der Waals surface area (Å²) in [5.41, 5.74) is 0.0158. The lowest BCUT2D eigenvalue weighted by Crippen LogP contribution is -2.39. The number of aliphatic hydroxyl groups is 1. The van der Waals surface area contributed by atoms with Gasteiger partial charge in [-0.2, -0.15) is 13.2 Å². The van der Waals surface area contributed by atoms with Crippen LogP contribution in [0, 0.1) is 0 Å². The monoisotopic (exact) mass is 315 g/mol. The van der Waals surface area contributed by atoms with Crippen LogP contribution in [0.4, 0.5) is 19.0 Å². The molecule has 0 spiro atoms. The Balaban J connectivity index is 2.58. The van der Waals surface area contributed by atoms with E-state index in [1.807, 2.05) is 0 Å². The first kappa shape index (κ1) is 16.0. The number of carbonyl (C=O) groups is 1. The van der Waals surface area contributed by atoms with Crippen LogP contribution in [0.25, 0.3) is 10.9 Å². The number of aliphatic carboxylic acids is 1. The van der Waals surface area contributed by atoms with Gasteiger partial charge in [0.05, 0.1) is 11.6 Å². The summed E-state index contributed by atoms with van der Waals surface area (Å²) in [6, 6.07) is 4.37. The standard InChI is InChI=1S/C13H12F3N3O3/c1-6(20)9(11(21)22)18-10-7-4-2-3-5-8(7)17-12(19-10)13(14,15)16/h2-6,9,20H,1H3,(H,21,22)(H,17,18,19). The number of hydrogen-bond acceptors (Lipinski definition) is 5. The molecule has 0 amide bonds. The molecule has 0 aliphatic carbocycles. The van der Waals surface area contributed by atoms with E-state index in [2.05, 4.69) is 15.3 Å². The van der Waals surface area contributed by atoms with Crippen LogP contribution in [-0.4, -0.2) is 38.3 Å². The normalized spacial score (nSPS) is 14.6. The Labute approximate surface area is 122 Å². The Kier molecular flexibility index (Phi) is 4.18. The zero-order chi connectivity index (χ0) is 16.5. The van der Waals surface area contributed by atoms with E-state index in [1.165, 1.54) is 25.1 Å². The molecule has 9 heteroatoms. The summed E-state index contributed by atoms with van der Waals surface area (Å²) in [5, 5.41) is 21.0. The molecule has 118 valence electrons. The molecule has 0 aliphatic rings. The molecule has 0 fully saturated rings. The number of aromatic nitrogens is 2. The topological polar surface area (TPSA) is 95.3 Å². The third kappa shape index (κ3) is 3.25. The molecular weight excluding hydrogens is 303 g/mol. The number of fused-ring (bicyclic) bond motifs is 1. The highest BCUT2D eigenvalue weighted by atomic mass is 19.4. The Bertz CT molecular complexity index is 704. The Morgan fingerprint density at radius 3 is 2.45 bits per heavy atom. The number of carboxylic acids is 1. The predicted octanol–water partition coefficient (Wildman–Crippen LogP) is 1.89. The molecule has 2 atom stereocenters. The number of nitrogens with zero attached hydrogens (tertiary/aromatic N) is 2. The SMILES string of the molecule is CC(O)C(Nc1nc(C(F)(F)F)nc2ccccc12)C(=O)O. The number of anilines is 1. The molecule has 0 saturated carbocycles. The summed E-state index contributed by atoms with van der Waals surface area (Å²) >= 11 is 0. The summed E-state index contributed by atoms with van der Waals surface area (Å²) in [5.74, 6) is -3.10. The molecule has 2 unspecified atom stereocenters. The van der Waals surface area contributed by atoms with Crippen molar-refractivity contribution in [1.29, 1.82) is 0 Å². The second kappa shape index (κ2) is 5.76. The second-order valence-corrected chi connectivity index (χ2v) is 4.61. The van der Waals surface area contributed by atoms with E-state index in [4.69, 9.17) is 5.11 Å². The van der Waals surface area contributed by atoms with Crippen LogP contribution in [0.1, 0.15) is 12.7 Å². The van der Waals surface area contributed by atoms with E-state index in [9.17, 15) is 23.1 Å². The Hall–Kier alpha value is -2.42. The highest BCUT2D eigenvalue weighted by molar-refractivity contribution is 5.91. The number of aliphatic hydroxyl groups excluding tert-OH is 1. The Morgan fingerprint density at radius 2 is 1.91 bits per heavy atom. The Morgan fingerprint density at radius 1 is 1.27 bits per heavy atom. The van der Waals surface area contributed by atoms with Gasteiger partial charge in [-0.05, 0) is 19.1 Å². The van der Waals surface area contributed by atoms with E-state index in [-0.39, 0.29) is 16.7 Å². The van der Waals surface area contributed by atoms with E-state index >= 15 is 0 Å². The third-order valence-electron chi connectivity index (χ3n) is 2.90. The molecule has 3 N–H and O–H groups in total. The van der Waals surface area contributed by atoms with Crippen molar-refractivity contribution in [3.05, 3.63) is 30.1 Å². The number of para-hydroxylation sites is 1. The summed E-state index contributed by atoms with van der Waals surface area (Å²) in [6.45, 7) is 1.21. The average molecular weight is 315 g/mol. The fraction of sp³-hybridized carbons (Fsp3) is 0.308. The van der Waals surface area contributed by atoms with E-state index < -0.39 is 30.1 Å². The number of hydrogen-bond donors (Lipinski definition) is 3. The highest BCUT2D eigenvalue weighted by Crippen LogP contribution is 2.30.